The normalized spacial score (nSPS) is 19.1. The van der Waals surface area contributed by atoms with Gasteiger partial charge in [-0.3, -0.25) is 4.99 Å². The summed E-state index contributed by atoms with van der Waals surface area (Å²) in [5, 5.41) is 0. The lowest BCUT2D eigenvalue weighted by Crippen LogP contribution is -2.41. The molecule has 0 saturated carbocycles. The summed E-state index contributed by atoms with van der Waals surface area (Å²) in [6.07, 6.45) is 8.06. The highest BCUT2D eigenvalue weighted by molar-refractivity contribution is 8.32. The van der Waals surface area contributed by atoms with Crippen LogP contribution in [0, 0.1) is 11.6 Å². The fraction of sp³-hybridized carbons (Fsp3) is 0.609. The van der Waals surface area contributed by atoms with E-state index < -0.39 is 40.0 Å². The zero-order valence-corrected chi connectivity index (χ0v) is 20.7. The molecule has 1 aliphatic heterocycles. The lowest BCUT2D eigenvalue weighted by atomic mass is 9.77. The first-order valence-electron chi connectivity index (χ1n) is 10.2. The van der Waals surface area contributed by atoms with Crippen LogP contribution in [-0.4, -0.2) is 62.4 Å². The van der Waals surface area contributed by atoms with Crippen LogP contribution in [0.1, 0.15) is 47.6 Å². The van der Waals surface area contributed by atoms with Gasteiger partial charge in [0.15, 0.2) is 11.6 Å². The van der Waals surface area contributed by atoms with Crippen LogP contribution in [0.5, 0.6) is 0 Å². The molecule has 0 bridgehead atoms. The Hall–Kier alpha value is -1.42. The molecule has 5 nitrogen and oxygen atoms in total. The van der Waals surface area contributed by atoms with Gasteiger partial charge in [0.25, 0.3) is 0 Å². The third-order valence-corrected chi connectivity index (χ3v) is 6.95. The Morgan fingerprint density at radius 2 is 1.69 bits per heavy atom. The van der Waals surface area contributed by atoms with Gasteiger partial charge in [-0.05, 0) is 53.4 Å². The predicted molar refractivity (Wildman–Crippen MR) is 135 cm³/mol. The molecule has 1 saturated heterocycles. The molecule has 0 spiro atoms. The monoisotopic (exact) mass is 472 g/mol. The number of hydrogen-bond acceptors (Lipinski definition) is 5. The summed E-state index contributed by atoms with van der Waals surface area (Å²) in [6.45, 7) is 9.77. The van der Waals surface area contributed by atoms with Crippen molar-refractivity contribution in [2.75, 3.05) is 37.9 Å². The molecule has 9 heteroatoms. The molecule has 0 amide bonds. The highest BCUT2D eigenvalue weighted by Crippen LogP contribution is 2.37. The maximum atomic E-state index is 15.0. The van der Waals surface area contributed by atoms with Crippen LogP contribution in [0.25, 0.3) is 5.57 Å². The molecule has 1 fully saturated rings. The molecule has 2 rings (SSSR count). The van der Waals surface area contributed by atoms with Gasteiger partial charge in [0, 0.05) is 34.3 Å². The van der Waals surface area contributed by atoms with E-state index in [0.29, 0.717) is 17.9 Å². The number of hydrogen-bond donors (Lipinski definition) is 1. The highest BCUT2D eigenvalue weighted by Gasteiger charge is 2.52. The summed E-state index contributed by atoms with van der Waals surface area (Å²) in [5.74, 6) is -1.07. The molecule has 0 aliphatic carbocycles. The van der Waals surface area contributed by atoms with Crippen LogP contribution < -0.4 is 11.2 Å². The van der Waals surface area contributed by atoms with Crippen molar-refractivity contribution in [3.63, 3.8) is 0 Å². The van der Waals surface area contributed by atoms with Crippen molar-refractivity contribution in [2.45, 2.75) is 53.2 Å². The van der Waals surface area contributed by atoms with E-state index in [4.69, 9.17) is 19.8 Å². The standard InChI is InChI=1S/C22H35BF2N2O3S.CH4/c1-15(26)17(13-27-14-28-11-12-31(6,7)8)16-9-10-18(20(25)19(16)24)23-29-21(2,3)22(4,5)30-23;/h9-10,13H,11-12,14,26H2,1-8H3;1H4/b17-15+,27-13+;. The number of rotatable bonds is 8. The lowest BCUT2D eigenvalue weighted by molar-refractivity contribution is 0.00578. The first kappa shape index (κ1) is 28.6. The van der Waals surface area contributed by atoms with E-state index in [9.17, 15) is 4.39 Å². The smallest absolute Gasteiger partial charge is 0.402 e. The fourth-order valence-corrected chi connectivity index (χ4v) is 3.48. The van der Waals surface area contributed by atoms with Gasteiger partial charge in [-0.1, -0.05) is 19.6 Å². The molecule has 182 valence electrons. The SMILES string of the molecule is C.C/C(N)=C(/C=N/COCCS(C)(C)C)c1ccc(B2OC(C)(C)C(C)(C)O2)c(F)c1F. The zero-order chi connectivity index (χ0) is 23.6. The molecule has 0 unspecified atom stereocenters. The van der Waals surface area contributed by atoms with Gasteiger partial charge in [-0.15, -0.1) is 0 Å². The van der Waals surface area contributed by atoms with E-state index >= 15 is 4.39 Å². The third kappa shape index (κ3) is 6.79. The van der Waals surface area contributed by atoms with Gasteiger partial charge in [-0.2, -0.15) is 0 Å². The summed E-state index contributed by atoms with van der Waals surface area (Å²) < 4.78 is 47.2. The maximum absolute atomic E-state index is 15.0. The second kappa shape index (κ2) is 10.7. The van der Waals surface area contributed by atoms with E-state index in [1.54, 1.807) is 6.92 Å². The van der Waals surface area contributed by atoms with Crippen LogP contribution in [0.2, 0.25) is 0 Å². The van der Waals surface area contributed by atoms with E-state index in [-0.39, 0.29) is 25.2 Å². The maximum Gasteiger partial charge on any atom is 0.497 e. The molecular weight excluding hydrogens is 433 g/mol. The molecule has 32 heavy (non-hydrogen) atoms. The Morgan fingerprint density at radius 3 is 2.19 bits per heavy atom. The van der Waals surface area contributed by atoms with Gasteiger partial charge >= 0.3 is 7.12 Å². The van der Waals surface area contributed by atoms with Crippen molar-refractivity contribution in [3.05, 3.63) is 35.0 Å². The number of allylic oxidation sites excluding steroid dienone is 2. The second-order valence-corrected chi connectivity index (χ2v) is 14.2. The average Bonchev–Trinajstić information content (AvgIpc) is 2.83. The Bertz CT molecular complexity index is 848. The van der Waals surface area contributed by atoms with Crippen molar-refractivity contribution in [1.82, 2.24) is 0 Å². The molecule has 1 aliphatic rings. The van der Waals surface area contributed by atoms with E-state index in [2.05, 4.69) is 23.8 Å². The van der Waals surface area contributed by atoms with Gasteiger partial charge < -0.3 is 19.8 Å². The van der Waals surface area contributed by atoms with Crippen molar-refractivity contribution in [2.24, 2.45) is 10.7 Å². The van der Waals surface area contributed by atoms with Gasteiger partial charge in [0.05, 0.1) is 17.8 Å². The molecule has 0 radical (unpaired) electrons. The van der Waals surface area contributed by atoms with Crippen molar-refractivity contribution in [3.8, 4) is 0 Å². The lowest BCUT2D eigenvalue weighted by Gasteiger charge is -2.32. The van der Waals surface area contributed by atoms with Crippen molar-refractivity contribution >= 4 is 34.4 Å². The summed E-state index contributed by atoms with van der Waals surface area (Å²) in [5.41, 5.74) is 5.29. The summed E-state index contributed by atoms with van der Waals surface area (Å²) >= 11 is 0. The number of halogens is 2. The molecular formula is C23H39BF2N2O3S. The summed E-state index contributed by atoms with van der Waals surface area (Å²) in [7, 11) is -1.63. The first-order chi connectivity index (χ1) is 14.2. The topological polar surface area (TPSA) is 66.1 Å². The van der Waals surface area contributed by atoms with Crippen LogP contribution in [-0.2, 0) is 14.0 Å². The quantitative estimate of drug-likeness (QED) is 0.348. The highest BCUT2D eigenvalue weighted by atomic mass is 32.3. The van der Waals surface area contributed by atoms with Gasteiger partial charge in [0.1, 0.15) is 6.73 Å². The largest absolute Gasteiger partial charge is 0.497 e. The van der Waals surface area contributed by atoms with Crippen molar-refractivity contribution in [1.29, 1.82) is 0 Å². The summed E-state index contributed by atoms with van der Waals surface area (Å²) in [4.78, 5) is 4.18. The molecule has 2 N–H and O–H groups in total. The van der Waals surface area contributed by atoms with Crippen LogP contribution in [0.3, 0.4) is 0 Å². The fourth-order valence-electron chi connectivity index (χ4n) is 2.86. The number of aliphatic imine (C=N–C) groups is 1. The van der Waals surface area contributed by atoms with Gasteiger partial charge in [0.2, 0.25) is 0 Å². The minimum absolute atomic E-state index is 0. The zero-order valence-electron chi connectivity index (χ0n) is 19.8. The molecule has 0 aromatic heterocycles. The average molecular weight is 472 g/mol. The number of benzene rings is 1. The minimum Gasteiger partial charge on any atom is -0.402 e. The molecule has 1 heterocycles. The van der Waals surface area contributed by atoms with Crippen LogP contribution >= 0.6 is 10.0 Å². The number of ether oxygens (including phenoxy) is 1. The Balaban J connectivity index is 0.00000512. The molecule has 1 aromatic rings. The Kier molecular flexibility index (Phi) is 9.55. The van der Waals surface area contributed by atoms with E-state index in [1.807, 2.05) is 27.7 Å². The number of nitrogens with zero attached hydrogens (tertiary/aromatic N) is 1. The summed E-state index contributed by atoms with van der Waals surface area (Å²) in [6, 6.07) is 2.94. The number of nitrogens with two attached hydrogens (primary N) is 1. The van der Waals surface area contributed by atoms with E-state index in [1.165, 1.54) is 18.3 Å². The second-order valence-electron chi connectivity index (χ2n) is 9.66. The van der Waals surface area contributed by atoms with Crippen LogP contribution in [0.4, 0.5) is 8.78 Å². The van der Waals surface area contributed by atoms with Crippen molar-refractivity contribution < 1.29 is 22.8 Å². The minimum atomic E-state index is -1.02. The first-order valence-corrected chi connectivity index (χ1v) is 13.2. The Morgan fingerprint density at radius 1 is 1.12 bits per heavy atom. The van der Waals surface area contributed by atoms with Gasteiger partial charge in [-0.25, -0.2) is 18.8 Å². The molecule has 0 atom stereocenters. The van der Waals surface area contributed by atoms with E-state index in [0.717, 1.165) is 5.75 Å². The predicted octanol–water partition coefficient (Wildman–Crippen LogP) is 4.33. The molecule has 1 aromatic carbocycles. The van der Waals surface area contributed by atoms with Crippen LogP contribution in [0.15, 0.2) is 22.8 Å². The Labute approximate surface area is 194 Å². The third-order valence-electron chi connectivity index (χ3n) is 5.56.